The van der Waals surface area contributed by atoms with Crippen LogP contribution in [0, 0.1) is 13.8 Å². The number of rotatable bonds is 4. The van der Waals surface area contributed by atoms with E-state index in [0.29, 0.717) is 17.8 Å². The van der Waals surface area contributed by atoms with Crippen molar-refractivity contribution in [3.8, 4) is 0 Å². The van der Waals surface area contributed by atoms with Crippen LogP contribution in [0.4, 0.5) is 0 Å². The van der Waals surface area contributed by atoms with Crippen molar-refractivity contribution >= 4 is 10.0 Å². The number of hydrogen-bond acceptors (Lipinski definition) is 4. The van der Waals surface area contributed by atoms with Crippen LogP contribution in [0.25, 0.3) is 0 Å². The van der Waals surface area contributed by atoms with E-state index in [0.717, 1.165) is 17.5 Å². The molecule has 0 fully saturated rings. The van der Waals surface area contributed by atoms with Gasteiger partial charge in [-0.05, 0) is 37.8 Å². The molecule has 124 valence electrons. The Morgan fingerprint density at radius 3 is 2.70 bits per heavy atom. The first-order chi connectivity index (χ1) is 10.7. The van der Waals surface area contributed by atoms with E-state index in [1.807, 2.05) is 24.3 Å². The third-order valence-corrected chi connectivity index (χ3v) is 6.25. The fraction of sp³-hybridized carbons (Fsp3) is 0.438. The van der Waals surface area contributed by atoms with Crippen LogP contribution in [-0.2, 0) is 29.1 Å². The summed E-state index contributed by atoms with van der Waals surface area (Å²) in [5.41, 5.74) is 1.75. The van der Waals surface area contributed by atoms with E-state index in [2.05, 4.69) is 9.82 Å². The summed E-state index contributed by atoms with van der Waals surface area (Å²) >= 11 is 0. The molecule has 0 radical (unpaired) electrons. The van der Waals surface area contributed by atoms with Gasteiger partial charge in [0, 0.05) is 13.6 Å². The first kappa shape index (κ1) is 16.2. The van der Waals surface area contributed by atoms with Gasteiger partial charge in [-0.3, -0.25) is 4.68 Å². The smallest absolute Gasteiger partial charge is 0.244 e. The van der Waals surface area contributed by atoms with Crippen LogP contribution >= 0.6 is 0 Å². The molecule has 1 atom stereocenters. The quantitative estimate of drug-likeness (QED) is 0.878. The third-order valence-electron chi connectivity index (χ3n) is 4.59. The number of fused-ring (bicyclic) bond motifs is 1. The maximum Gasteiger partial charge on any atom is 0.244 e. The molecule has 0 unspecified atom stereocenters. The Hall–Kier alpha value is -1.70. The molecular formula is C16H21N3O3S. The minimum Gasteiger partial charge on any atom is -0.384 e. The van der Waals surface area contributed by atoms with Crippen LogP contribution in [0.1, 0.15) is 28.9 Å². The van der Waals surface area contributed by atoms with E-state index in [9.17, 15) is 13.5 Å². The normalized spacial score (nSPS) is 20.7. The Morgan fingerprint density at radius 1 is 1.35 bits per heavy atom. The van der Waals surface area contributed by atoms with Crippen LogP contribution in [0.2, 0.25) is 0 Å². The Labute approximate surface area is 136 Å². The average Bonchev–Trinajstić information content (AvgIpc) is 2.96. The van der Waals surface area contributed by atoms with Gasteiger partial charge in [-0.1, -0.05) is 24.3 Å². The Kier molecular flexibility index (Phi) is 3.82. The van der Waals surface area contributed by atoms with Gasteiger partial charge in [0.1, 0.15) is 10.5 Å². The van der Waals surface area contributed by atoms with E-state index in [4.69, 9.17) is 0 Å². The van der Waals surface area contributed by atoms with Crippen molar-refractivity contribution in [3.63, 3.8) is 0 Å². The molecule has 1 aliphatic carbocycles. The Morgan fingerprint density at radius 2 is 2.04 bits per heavy atom. The van der Waals surface area contributed by atoms with Gasteiger partial charge in [-0.2, -0.15) is 5.10 Å². The van der Waals surface area contributed by atoms with Crippen molar-refractivity contribution < 1.29 is 13.5 Å². The summed E-state index contributed by atoms with van der Waals surface area (Å²) in [7, 11) is -2.01. The van der Waals surface area contributed by atoms with Crippen molar-refractivity contribution in [2.24, 2.45) is 7.05 Å². The predicted molar refractivity (Wildman–Crippen MR) is 86.5 cm³/mol. The molecule has 0 amide bonds. The highest BCUT2D eigenvalue weighted by Crippen LogP contribution is 2.36. The van der Waals surface area contributed by atoms with Gasteiger partial charge >= 0.3 is 0 Å². The summed E-state index contributed by atoms with van der Waals surface area (Å²) < 4.78 is 29.4. The second-order valence-electron chi connectivity index (χ2n) is 6.14. The highest BCUT2D eigenvalue weighted by Gasteiger charge is 2.38. The third kappa shape index (κ3) is 2.69. The number of nitrogens with one attached hydrogen (secondary N) is 1. The zero-order valence-corrected chi connectivity index (χ0v) is 14.3. The molecular weight excluding hydrogens is 314 g/mol. The molecule has 0 bridgehead atoms. The topological polar surface area (TPSA) is 84.2 Å². The summed E-state index contributed by atoms with van der Waals surface area (Å²) in [5, 5.41) is 15.0. The molecule has 1 aromatic carbocycles. The summed E-state index contributed by atoms with van der Waals surface area (Å²) in [6, 6.07) is 7.62. The van der Waals surface area contributed by atoms with Gasteiger partial charge in [0.15, 0.2) is 0 Å². The first-order valence-corrected chi connectivity index (χ1v) is 9.03. The lowest BCUT2D eigenvalue weighted by molar-refractivity contribution is 0.0442. The monoisotopic (exact) mass is 335 g/mol. The van der Waals surface area contributed by atoms with Gasteiger partial charge in [0.25, 0.3) is 0 Å². The summed E-state index contributed by atoms with van der Waals surface area (Å²) in [6.07, 6.45) is 1.26. The second-order valence-corrected chi connectivity index (χ2v) is 7.84. The van der Waals surface area contributed by atoms with Gasteiger partial charge < -0.3 is 5.11 Å². The van der Waals surface area contributed by atoms with Gasteiger partial charge in [0.05, 0.1) is 11.4 Å². The van der Waals surface area contributed by atoms with Crippen molar-refractivity contribution in [2.45, 2.75) is 37.2 Å². The molecule has 1 aliphatic rings. The summed E-state index contributed by atoms with van der Waals surface area (Å²) in [4.78, 5) is 0.190. The number of aryl methyl sites for hydroxylation is 3. The highest BCUT2D eigenvalue weighted by molar-refractivity contribution is 7.89. The molecule has 2 aromatic rings. The lowest BCUT2D eigenvalue weighted by Crippen LogP contribution is -2.39. The molecule has 2 N–H and O–H groups in total. The van der Waals surface area contributed by atoms with Gasteiger partial charge in [-0.25, -0.2) is 13.1 Å². The van der Waals surface area contributed by atoms with E-state index in [-0.39, 0.29) is 11.4 Å². The molecule has 1 heterocycles. The van der Waals surface area contributed by atoms with E-state index >= 15 is 0 Å². The second kappa shape index (κ2) is 5.43. The van der Waals surface area contributed by atoms with E-state index in [1.54, 1.807) is 25.6 Å². The number of nitrogens with zero attached hydrogens (tertiary/aromatic N) is 2. The molecule has 0 spiro atoms. The maximum absolute atomic E-state index is 12.6. The molecule has 0 saturated carbocycles. The van der Waals surface area contributed by atoms with Crippen LogP contribution in [-0.4, -0.2) is 29.8 Å². The summed E-state index contributed by atoms with van der Waals surface area (Å²) in [6.45, 7) is 3.34. The highest BCUT2D eigenvalue weighted by atomic mass is 32.2. The van der Waals surface area contributed by atoms with Crippen LogP contribution in [0.3, 0.4) is 0 Å². The molecule has 1 aromatic heterocycles. The molecule has 23 heavy (non-hydrogen) atoms. The number of aliphatic hydroxyl groups is 1. The first-order valence-electron chi connectivity index (χ1n) is 7.55. The van der Waals surface area contributed by atoms with Crippen LogP contribution in [0.15, 0.2) is 29.2 Å². The van der Waals surface area contributed by atoms with E-state index in [1.165, 1.54) is 0 Å². The molecule has 7 heteroatoms. The molecule has 0 aliphatic heterocycles. The van der Waals surface area contributed by atoms with E-state index < -0.39 is 15.6 Å². The van der Waals surface area contributed by atoms with Gasteiger partial charge in [0.2, 0.25) is 10.0 Å². The van der Waals surface area contributed by atoms with Crippen molar-refractivity contribution in [1.82, 2.24) is 14.5 Å². The average molecular weight is 335 g/mol. The number of benzene rings is 1. The molecule has 0 saturated heterocycles. The van der Waals surface area contributed by atoms with Crippen molar-refractivity contribution in [1.29, 1.82) is 0 Å². The maximum atomic E-state index is 12.6. The predicted octanol–water partition coefficient (Wildman–Crippen LogP) is 1.15. The van der Waals surface area contributed by atoms with Crippen molar-refractivity contribution in [2.75, 3.05) is 6.54 Å². The number of sulfonamides is 1. The SMILES string of the molecule is Cc1nn(C)c(C)c1S(=O)(=O)NC[C@]1(O)CCc2ccccc21. The Bertz CT molecular complexity index is 857. The standard InChI is InChI=1S/C16H21N3O3S/c1-11-15(12(2)19(3)18-11)23(21,22)17-10-16(20)9-8-13-6-4-5-7-14(13)16/h4-7,17,20H,8-10H2,1-3H3/t16-/m1/s1. The lowest BCUT2D eigenvalue weighted by Gasteiger charge is -2.24. The van der Waals surface area contributed by atoms with Gasteiger partial charge in [-0.15, -0.1) is 0 Å². The summed E-state index contributed by atoms with van der Waals surface area (Å²) in [5.74, 6) is 0. The molecule has 3 rings (SSSR count). The zero-order valence-electron chi connectivity index (χ0n) is 13.5. The number of hydrogen-bond donors (Lipinski definition) is 2. The largest absolute Gasteiger partial charge is 0.384 e. The minimum absolute atomic E-state index is 0.0415. The lowest BCUT2D eigenvalue weighted by atomic mass is 9.96. The van der Waals surface area contributed by atoms with Crippen molar-refractivity contribution in [3.05, 3.63) is 46.8 Å². The molecule has 6 nitrogen and oxygen atoms in total. The zero-order chi connectivity index (χ0) is 16.8. The fourth-order valence-electron chi connectivity index (χ4n) is 3.28. The Balaban J connectivity index is 1.86. The number of aromatic nitrogens is 2. The minimum atomic E-state index is -3.72. The fourth-order valence-corrected chi connectivity index (χ4v) is 4.81. The van der Waals surface area contributed by atoms with Crippen LogP contribution < -0.4 is 4.72 Å². The van der Waals surface area contributed by atoms with Crippen LogP contribution in [0.5, 0.6) is 0 Å².